The van der Waals surface area contributed by atoms with Crippen molar-refractivity contribution in [1.82, 2.24) is 10.3 Å². The monoisotopic (exact) mass is 534 g/mol. The third-order valence-electron chi connectivity index (χ3n) is 12.7. The average molecular weight is 535 g/mol. The Kier molecular flexibility index (Phi) is 7.37. The lowest BCUT2D eigenvalue weighted by Crippen LogP contribution is -2.58. The smallest absolute Gasteiger partial charge is 0.220 e. The van der Waals surface area contributed by atoms with Crippen LogP contribution in [0.1, 0.15) is 90.5 Å². The van der Waals surface area contributed by atoms with Crippen molar-refractivity contribution in [2.24, 2.45) is 46.3 Å². The fraction of sp³-hybridized carbons (Fsp3) is 0.735. The first-order chi connectivity index (χ1) is 18.7. The highest BCUT2D eigenvalue weighted by Gasteiger charge is 2.63. The van der Waals surface area contributed by atoms with Crippen molar-refractivity contribution >= 4 is 16.8 Å². The predicted molar refractivity (Wildman–Crippen MR) is 156 cm³/mol. The largest absolute Gasteiger partial charge is 0.393 e. The van der Waals surface area contributed by atoms with Gasteiger partial charge in [-0.2, -0.15) is 0 Å². The summed E-state index contributed by atoms with van der Waals surface area (Å²) in [5.74, 6) is 3.57. The minimum atomic E-state index is -0.258. The molecule has 0 bridgehead atoms. The lowest BCUT2D eigenvalue weighted by molar-refractivity contribution is -0.174. The molecule has 39 heavy (non-hydrogen) atoms. The number of hydrogen-bond donors (Lipinski definition) is 4. The maximum absolute atomic E-state index is 12.8. The molecule has 214 valence electrons. The number of carbonyl (C=O) groups excluding carboxylic acids is 1. The van der Waals surface area contributed by atoms with Gasteiger partial charge in [0.05, 0.1) is 12.2 Å². The molecule has 4 fully saturated rings. The summed E-state index contributed by atoms with van der Waals surface area (Å²) in [7, 11) is 0. The van der Waals surface area contributed by atoms with Gasteiger partial charge in [0.2, 0.25) is 5.91 Å². The van der Waals surface area contributed by atoms with E-state index in [1.54, 1.807) is 0 Å². The van der Waals surface area contributed by atoms with Gasteiger partial charge in [-0.25, -0.2) is 0 Å². The SMILES string of the molecule is CC(CCC(=O)NCCc1c[nH]c2ccccc12)C1CCC2C3CCC4CC(O)CCC4(C)C3CC(O)C12C. The average Bonchev–Trinajstić information content (AvgIpc) is 3.50. The number of hydrogen-bond acceptors (Lipinski definition) is 3. The van der Waals surface area contributed by atoms with Crippen molar-refractivity contribution < 1.29 is 15.0 Å². The summed E-state index contributed by atoms with van der Waals surface area (Å²) in [6, 6.07) is 8.32. The number of aliphatic hydroxyl groups is 2. The highest BCUT2D eigenvalue weighted by Crippen LogP contribution is 2.68. The van der Waals surface area contributed by atoms with Crippen molar-refractivity contribution in [2.75, 3.05) is 6.54 Å². The molecule has 5 heteroatoms. The Hall–Kier alpha value is -1.85. The number of carbonyl (C=O) groups is 1. The molecule has 1 amide bonds. The lowest BCUT2D eigenvalue weighted by Gasteiger charge is -2.62. The van der Waals surface area contributed by atoms with Crippen LogP contribution in [0.25, 0.3) is 10.9 Å². The van der Waals surface area contributed by atoms with Gasteiger partial charge in [0.25, 0.3) is 0 Å². The number of aliphatic hydroxyl groups excluding tert-OH is 2. The quantitative estimate of drug-likeness (QED) is 0.340. The standard InChI is InChI=1S/C34H50N2O3/c1-21(8-13-32(39)35-17-15-22-20-36-30-7-5-4-6-25(22)30)27-11-12-28-26-10-9-23-18-24(37)14-16-33(23,2)29(26)19-31(38)34(27,28)3/h4-7,20-21,23-24,26-29,31,36-38H,8-19H2,1-3H3,(H,35,39). The van der Waals surface area contributed by atoms with Gasteiger partial charge in [-0.3, -0.25) is 4.79 Å². The lowest BCUT2D eigenvalue weighted by atomic mass is 9.43. The molecule has 1 aromatic heterocycles. The van der Waals surface area contributed by atoms with Crippen LogP contribution in [0.5, 0.6) is 0 Å². The van der Waals surface area contributed by atoms with E-state index in [2.05, 4.69) is 55.5 Å². The molecule has 4 aliphatic rings. The third kappa shape index (κ3) is 4.66. The molecule has 4 aliphatic carbocycles. The Morgan fingerprint density at radius 2 is 1.90 bits per heavy atom. The zero-order chi connectivity index (χ0) is 27.4. The van der Waals surface area contributed by atoms with Crippen LogP contribution in [0.3, 0.4) is 0 Å². The topological polar surface area (TPSA) is 85.4 Å². The van der Waals surface area contributed by atoms with E-state index in [9.17, 15) is 15.0 Å². The van der Waals surface area contributed by atoms with E-state index in [1.165, 1.54) is 36.6 Å². The summed E-state index contributed by atoms with van der Waals surface area (Å²) >= 11 is 0. The predicted octanol–water partition coefficient (Wildman–Crippen LogP) is 6.23. The molecular weight excluding hydrogens is 484 g/mol. The number of nitrogens with one attached hydrogen (secondary N) is 2. The summed E-state index contributed by atoms with van der Waals surface area (Å²) < 4.78 is 0. The fourth-order valence-electron chi connectivity index (χ4n) is 10.5. The second kappa shape index (κ2) is 10.5. The highest BCUT2D eigenvalue weighted by atomic mass is 16.3. The van der Waals surface area contributed by atoms with Crippen LogP contribution in [0.2, 0.25) is 0 Å². The van der Waals surface area contributed by atoms with Crippen LogP contribution in [-0.2, 0) is 11.2 Å². The molecule has 5 nitrogen and oxygen atoms in total. The normalized spacial score (nSPS) is 40.5. The van der Waals surface area contributed by atoms with Crippen LogP contribution in [0.15, 0.2) is 30.5 Å². The van der Waals surface area contributed by atoms with Crippen LogP contribution in [0.4, 0.5) is 0 Å². The van der Waals surface area contributed by atoms with Gasteiger partial charge < -0.3 is 20.5 Å². The number of H-pyrrole nitrogens is 1. The summed E-state index contributed by atoms with van der Waals surface area (Å²) in [5.41, 5.74) is 2.64. The summed E-state index contributed by atoms with van der Waals surface area (Å²) in [6.07, 6.45) is 12.8. The first-order valence-corrected chi connectivity index (χ1v) is 15.9. The molecule has 0 aliphatic heterocycles. The van der Waals surface area contributed by atoms with Crippen LogP contribution in [0, 0.1) is 46.3 Å². The number of fused-ring (bicyclic) bond motifs is 6. The minimum absolute atomic E-state index is 0.0379. The van der Waals surface area contributed by atoms with Crippen LogP contribution < -0.4 is 5.32 Å². The molecule has 10 unspecified atom stereocenters. The van der Waals surface area contributed by atoms with Gasteiger partial charge in [0.1, 0.15) is 0 Å². The van der Waals surface area contributed by atoms with E-state index in [1.807, 2.05) is 6.07 Å². The number of benzene rings is 1. The van der Waals surface area contributed by atoms with Crippen molar-refractivity contribution in [3.8, 4) is 0 Å². The van der Waals surface area contributed by atoms with E-state index in [4.69, 9.17) is 0 Å². The first kappa shape index (κ1) is 27.3. The molecule has 0 radical (unpaired) electrons. The maximum atomic E-state index is 12.8. The molecule has 6 rings (SSSR count). The Morgan fingerprint density at radius 3 is 2.74 bits per heavy atom. The van der Waals surface area contributed by atoms with E-state index < -0.39 is 0 Å². The van der Waals surface area contributed by atoms with Crippen molar-refractivity contribution in [3.63, 3.8) is 0 Å². The van der Waals surface area contributed by atoms with Crippen LogP contribution >= 0.6 is 0 Å². The zero-order valence-electron chi connectivity index (χ0n) is 24.3. The molecule has 0 spiro atoms. The van der Waals surface area contributed by atoms with Gasteiger partial charge in [-0.05, 0) is 122 Å². The Balaban J connectivity index is 1.04. The van der Waals surface area contributed by atoms with Gasteiger partial charge in [0.15, 0.2) is 0 Å². The molecule has 1 aromatic carbocycles. The minimum Gasteiger partial charge on any atom is -0.393 e. The molecular formula is C34H50N2O3. The fourth-order valence-corrected chi connectivity index (χ4v) is 10.5. The van der Waals surface area contributed by atoms with E-state index in [-0.39, 0.29) is 28.9 Å². The van der Waals surface area contributed by atoms with Gasteiger partial charge in [-0.15, -0.1) is 0 Å². The second-order valence-corrected chi connectivity index (χ2v) is 14.4. The van der Waals surface area contributed by atoms with Crippen molar-refractivity contribution in [3.05, 3.63) is 36.0 Å². The highest BCUT2D eigenvalue weighted by molar-refractivity contribution is 5.83. The molecule has 2 aromatic rings. The van der Waals surface area contributed by atoms with Gasteiger partial charge >= 0.3 is 0 Å². The summed E-state index contributed by atoms with van der Waals surface area (Å²) in [6.45, 7) is 7.88. The van der Waals surface area contributed by atoms with Gasteiger partial charge in [0, 0.05) is 30.1 Å². The molecule has 4 N–H and O–H groups in total. The second-order valence-electron chi connectivity index (χ2n) is 14.4. The molecule has 1 heterocycles. The van der Waals surface area contributed by atoms with Gasteiger partial charge in [-0.1, -0.05) is 39.0 Å². The molecule has 10 atom stereocenters. The Morgan fingerprint density at radius 1 is 1.08 bits per heavy atom. The number of aromatic nitrogens is 1. The maximum Gasteiger partial charge on any atom is 0.220 e. The van der Waals surface area contributed by atoms with Crippen LogP contribution in [-0.4, -0.2) is 39.9 Å². The van der Waals surface area contributed by atoms with E-state index in [0.717, 1.165) is 44.0 Å². The number of rotatable bonds is 7. The van der Waals surface area contributed by atoms with E-state index >= 15 is 0 Å². The zero-order valence-corrected chi connectivity index (χ0v) is 24.3. The Labute approximate surface area is 234 Å². The number of para-hydroxylation sites is 1. The summed E-state index contributed by atoms with van der Waals surface area (Å²) in [5, 5.41) is 26.5. The third-order valence-corrected chi connectivity index (χ3v) is 12.7. The Bertz CT molecular complexity index is 1180. The van der Waals surface area contributed by atoms with E-state index in [0.29, 0.717) is 48.5 Å². The van der Waals surface area contributed by atoms with Crippen molar-refractivity contribution in [2.45, 2.75) is 104 Å². The molecule has 0 saturated heterocycles. The van der Waals surface area contributed by atoms with Crippen molar-refractivity contribution in [1.29, 1.82) is 0 Å². The number of amides is 1. The molecule has 4 saturated carbocycles. The number of aromatic amines is 1. The first-order valence-electron chi connectivity index (χ1n) is 15.9. The summed E-state index contributed by atoms with van der Waals surface area (Å²) in [4.78, 5) is 16.1.